The lowest BCUT2D eigenvalue weighted by molar-refractivity contribution is -0.125. The van der Waals surface area contributed by atoms with Crippen molar-refractivity contribution in [3.63, 3.8) is 0 Å². The van der Waals surface area contributed by atoms with Crippen LogP contribution in [-0.4, -0.2) is 50.5 Å². The van der Waals surface area contributed by atoms with Gasteiger partial charge in [0.1, 0.15) is 0 Å². The molecule has 5 nitrogen and oxygen atoms in total. The van der Waals surface area contributed by atoms with Gasteiger partial charge in [0.15, 0.2) is 5.96 Å². The van der Waals surface area contributed by atoms with Crippen molar-refractivity contribution in [2.45, 2.75) is 77.0 Å². The Balaban J connectivity index is 1.59. The van der Waals surface area contributed by atoms with Gasteiger partial charge in [0.2, 0.25) is 0 Å². The predicted molar refractivity (Wildman–Crippen MR) is 92.8 cm³/mol. The molecular weight excluding hydrogens is 290 g/mol. The van der Waals surface area contributed by atoms with Gasteiger partial charge in [-0.3, -0.25) is 4.99 Å². The Labute approximate surface area is 140 Å². The van der Waals surface area contributed by atoms with E-state index >= 15 is 0 Å². The molecule has 0 bridgehead atoms. The molecule has 2 aliphatic carbocycles. The quantitative estimate of drug-likeness (QED) is 0.582. The summed E-state index contributed by atoms with van der Waals surface area (Å²) in [6.45, 7) is 7.61. The summed E-state index contributed by atoms with van der Waals surface area (Å²) >= 11 is 0. The van der Waals surface area contributed by atoms with Crippen molar-refractivity contribution in [1.29, 1.82) is 0 Å². The minimum absolute atomic E-state index is 0.309. The zero-order valence-electron chi connectivity index (χ0n) is 14.8. The highest BCUT2D eigenvalue weighted by molar-refractivity contribution is 5.80. The lowest BCUT2D eigenvalue weighted by atomic mass is 9.60. The molecule has 0 aromatic heterocycles. The molecule has 1 aliphatic heterocycles. The van der Waals surface area contributed by atoms with Crippen LogP contribution in [0.5, 0.6) is 0 Å². The molecule has 3 atom stereocenters. The highest BCUT2D eigenvalue weighted by atomic mass is 16.5. The highest BCUT2D eigenvalue weighted by Crippen LogP contribution is 2.54. The maximum absolute atomic E-state index is 6.01. The van der Waals surface area contributed by atoms with Crippen LogP contribution in [0, 0.1) is 5.41 Å². The fraction of sp³-hybridized carbons (Fsp3) is 0.944. The van der Waals surface area contributed by atoms with Crippen molar-refractivity contribution in [1.82, 2.24) is 10.6 Å². The van der Waals surface area contributed by atoms with Crippen molar-refractivity contribution >= 4 is 5.96 Å². The maximum Gasteiger partial charge on any atom is 0.191 e. The third-order valence-corrected chi connectivity index (χ3v) is 5.82. The fourth-order valence-electron chi connectivity index (χ4n) is 4.56. The van der Waals surface area contributed by atoms with Crippen LogP contribution in [0.25, 0.3) is 0 Å². The van der Waals surface area contributed by atoms with Gasteiger partial charge in [0, 0.05) is 31.2 Å². The molecule has 3 aliphatic rings. The van der Waals surface area contributed by atoms with Gasteiger partial charge in [-0.2, -0.15) is 0 Å². The first kappa shape index (κ1) is 17.0. The Morgan fingerprint density at radius 3 is 2.74 bits per heavy atom. The Morgan fingerprint density at radius 1 is 1.26 bits per heavy atom. The maximum atomic E-state index is 6.01. The molecule has 1 heterocycles. The summed E-state index contributed by atoms with van der Waals surface area (Å²) < 4.78 is 11.7. The highest BCUT2D eigenvalue weighted by Gasteiger charge is 2.56. The second-order valence-electron chi connectivity index (χ2n) is 7.17. The number of nitrogens with zero attached hydrogens (tertiary/aromatic N) is 1. The summed E-state index contributed by atoms with van der Waals surface area (Å²) in [4.78, 5) is 4.77. The molecule has 1 spiro atoms. The SMILES string of the molecule is CCNC(=NCC1CCCO1)NC1CC(OCC)C12CCCC2. The normalized spacial score (nSPS) is 33.0. The van der Waals surface area contributed by atoms with E-state index in [0.717, 1.165) is 45.1 Å². The standard InChI is InChI=1S/C18H33N3O2/c1-3-19-17(20-13-14-8-7-11-23-14)21-15-12-16(22-4-2)18(15)9-5-6-10-18/h14-16H,3-13H2,1-2H3,(H2,19,20,21). The van der Waals surface area contributed by atoms with Gasteiger partial charge >= 0.3 is 0 Å². The number of aliphatic imine (C=N–C) groups is 1. The van der Waals surface area contributed by atoms with Crippen LogP contribution >= 0.6 is 0 Å². The van der Waals surface area contributed by atoms with Crippen molar-refractivity contribution in [3.05, 3.63) is 0 Å². The summed E-state index contributed by atoms with van der Waals surface area (Å²) in [7, 11) is 0. The van der Waals surface area contributed by atoms with Gasteiger partial charge in [-0.25, -0.2) is 0 Å². The van der Waals surface area contributed by atoms with E-state index in [0.29, 0.717) is 23.7 Å². The summed E-state index contributed by atoms with van der Waals surface area (Å²) in [5.41, 5.74) is 0.343. The van der Waals surface area contributed by atoms with Gasteiger partial charge in [0.25, 0.3) is 0 Å². The largest absolute Gasteiger partial charge is 0.378 e. The molecule has 5 heteroatoms. The molecule has 0 radical (unpaired) electrons. The van der Waals surface area contributed by atoms with Crippen molar-refractivity contribution < 1.29 is 9.47 Å². The van der Waals surface area contributed by atoms with E-state index < -0.39 is 0 Å². The summed E-state index contributed by atoms with van der Waals surface area (Å²) in [6, 6.07) is 0.504. The first-order valence-corrected chi connectivity index (χ1v) is 9.56. The first-order chi connectivity index (χ1) is 11.3. The average molecular weight is 323 g/mol. The van der Waals surface area contributed by atoms with E-state index in [1.807, 2.05) is 0 Å². The smallest absolute Gasteiger partial charge is 0.191 e. The monoisotopic (exact) mass is 323 g/mol. The van der Waals surface area contributed by atoms with E-state index in [2.05, 4.69) is 24.5 Å². The Morgan fingerprint density at radius 2 is 2.09 bits per heavy atom. The Bertz CT molecular complexity index is 401. The van der Waals surface area contributed by atoms with E-state index in [1.54, 1.807) is 0 Å². The number of guanidine groups is 1. The molecule has 23 heavy (non-hydrogen) atoms. The number of hydrogen-bond acceptors (Lipinski definition) is 3. The molecule has 132 valence electrons. The van der Waals surface area contributed by atoms with Crippen LogP contribution in [0.2, 0.25) is 0 Å². The molecule has 0 aromatic rings. The van der Waals surface area contributed by atoms with Crippen LogP contribution in [0.1, 0.15) is 58.8 Å². The van der Waals surface area contributed by atoms with Crippen molar-refractivity contribution in [2.24, 2.45) is 10.4 Å². The van der Waals surface area contributed by atoms with E-state index in [9.17, 15) is 0 Å². The summed E-state index contributed by atoms with van der Waals surface area (Å²) in [5, 5.41) is 7.10. The second kappa shape index (κ2) is 7.84. The van der Waals surface area contributed by atoms with Gasteiger partial charge in [-0.05, 0) is 46.0 Å². The zero-order chi connectivity index (χ0) is 16.1. The molecule has 2 saturated carbocycles. The number of hydrogen-bond donors (Lipinski definition) is 2. The Hall–Kier alpha value is -0.810. The van der Waals surface area contributed by atoms with Crippen LogP contribution < -0.4 is 10.6 Å². The topological polar surface area (TPSA) is 54.9 Å². The average Bonchev–Trinajstić information content (AvgIpc) is 3.23. The molecule has 2 N–H and O–H groups in total. The third kappa shape index (κ3) is 3.66. The van der Waals surface area contributed by atoms with Crippen molar-refractivity contribution in [2.75, 3.05) is 26.3 Å². The van der Waals surface area contributed by atoms with Crippen LogP contribution in [0.15, 0.2) is 4.99 Å². The van der Waals surface area contributed by atoms with E-state index in [-0.39, 0.29) is 0 Å². The number of ether oxygens (including phenoxy) is 2. The molecular formula is C18H33N3O2. The summed E-state index contributed by atoms with van der Waals surface area (Å²) in [5.74, 6) is 0.953. The first-order valence-electron chi connectivity index (χ1n) is 9.56. The molecule has 1 saturated heterocycles. The molecule has 0 amide bonds. The molecule has 3 fully saturated rings. The number of rotatable bonds is 6. The number of nitrogens with one attached hydrogen (secondary N) is 2. The second-order valence-corrected chi connectivity index (χ2v) is 7.17. The third-order valence-electron chi connectivity index (χ3n) is 5.82. The van der Waals surface area contributed by atoms with Gasteiger partial charge in [0.05, 0.1) is 18.8 Å². The Kier molecular flexibility index (Phi) is 5.81. The molecule has 0 aromatic carbocycles. The molecule has 3 unspecified atom stereocenters. The zero-order valence-corrected chi connectivity index (χ0v) is 14.8. The van der Waals surface area contributed by atoms with Gasteiger partial charge in [-0.1, -0.05) is 12.8 Å². The minimum atomic E-state index is 0.309. The molecule has 3 rings (SSSR count). The van der Waals surface area contributed by atoms with Crippen molar-refractivity contribution in [3.8, 4) is 0 Å². The van der Waals surface area contributed by atoms with Gasteiger partial charge < -0.3 is 20.1 Å². The van der Waals surface area contributed by atoms with Gasteiger partial charge in [-0.15, -0.1) is 0 Å². The fourth-order valence-corrected chi connectivity index (χ4v) is 4.56. The minimum Gasteiger partial charge on any atom is -0.378 e. The van der Waals surface area contributed by atoms with E-state index in [4.69, 9.17) is 14.5 Å². The summed E-state index contributed by atoms with van der Waals surface area (Å²) in [6.07, 6.45) is 9.43. The lowest BCUT2D eigenvalue weighted by Gasteiger charge is -2.54. The van der Waals surface area contributed by atoms with E-state index in [1.165, 1.54) is 32.1 Å². The van der Waals surface area contributed by atoms with Crippen LogP contribution in [0.3, 0.4) is 0 Å². The van der Waals surface area contributed by atoms with Crippen LogP contribution in [0.4, 0.5) is 0 Å². The lowest BCUT2D eigenvalue weighted by Crippen LogP contribution is -2.65. The van der Waals surface area contributed by atoms with Crippen LogP contribution in [-0.2, 0) is 9.47 Å². The predicted octanol–water partition coefficient (Wildman–Crippen LogP) is 2.46.